The minimum atomic E-state index is -0.680. The molecule has 0 aliphatic carbocycles. The van der Waals surface area contributed by atoms with Crippen molar-refractivity contribution < 1.29 is 24.0 Å². The van der Waals surface area contributed by atoms with Gasteiger partial charge in [0, 0.05) is 6.42 Å². The Morgan fingerprint density at radius 2 is 2.43 bits per heavy atom. The third-order valence-electron chi connectivity index (χ3n) is 1.58. The number of hydroxylamine groups is 1. The lowest BCUT2D eigenvalue weighted by molar-refractivity contribution is -0.242. The predicted octanol–water partition coefficient (Wildman–Crippen LogP) is 0.285. The van der Waals surface area contributed by atoms with Gasteiger partial charge in [-0.15, -0.1) is 0 Å². The summed E-state index contributed by atoms with van der Waals surface area (Å²) in [7, 11) is 0.268. The Balaban J connectivity index is 2.23. The Bertz CT molecular complexity index is 216. The molecule has 1 amide bonds. The normalized spacial score (nSPS) is 23.1. The van der Waals surface area contributed by atoms with Crippen LogP contribution in [0.2, 0.25) is 0 Å². The highest BCUT2D eigenvalue weighted by atomic mass is 31.1. The number of amides is 1. The van der Waals surface area contributed by atoms with E-state index in [1.165, 1.54) is 0 Å². The largest absolute Gasteiger partial charge is 0.341 e. The minimum Gasteiger partial charge on any atom is -0.341 e. The Morgan fingerprint density at radius 3 is 3.00 bits per heavy atom. The summed E-state index contributed by atoms with van der Waals surface area (Å²) in [4.78, 5) is 31.1. The molecule has 2 unspecified atom stereocenters. The molecule has 1 saturated heterocycles. The maximum absolute atomic E-state index is 11.2. The third kappa shape index (κ3) is 3.57. The Morgan fingerprint density at radius 1 is 1.64 bits per heavy atom. The summed E-state index contributed by atoms with van der Waals surface area (Å²) < 4.78 is 4.66. The van der Waals surface area contributed by atoms with Crippen LogP contribution in [-0.4, -0.2) is 24.1 Å². The fourth-order valence-electron chi connectivity index (χ4n) is 0.792. The smallest absolute Gasteiger partial charge is 0.331 e. The molecule has 0 saturated carbocycles. The van der Waals surface area contributed by atoms with Gasteiger partial charge < -0.3 is 4.84 Å². The van der Waals surface area contributed by atoms with E-state index in [0.29, 0.717) is 6.42 Å². The highest BCUT2D eigenvalue weighted by molar-refractivity contribution is 7.32. The summed E-state index contributed by atoms with van der Waals surface area (Å²) in [6.45, 7) is 1.63. The summed E-state index contributed by atoms with van der Waals surface area (Å²) in [5.41, 5.74) is 2.01. The summed E-state index contributed by atoms with van der Waals surface area (Å²) in [6, 6.07) is 0. The SMILES string of the molecule is CCC(=O)ONC(=O)C1CCPOO1. The van der Waals surface area contributed by atoms with E-state index < -0.39 is 18.0 Å². The van der Waals surface area contributed by atoms with E-state index in [9.17, 15) is 9.59 Å². The number of carbonyl (C=O) groups excluding carboxylic acids is 2. The topological polar surface area (TPSA) is 73.9 Å². The Labute approximate surface area is 83.0 Å². The highest BCUT2D eigenvalue weighted by Gasteiger charge is 2.24. The fraction of sp³-hybridized carbons (Fsp3) is 0.714. The van der Waals surface area contributed by atoms with Crippen molar-refractivity contribution in [2.45, 2.75) is 25.9 Å². The zero-order valence-electron chi connectivity index (χ0n) is 7.74. The summed E-state index contributed by atoms with van der Waals surface area (Å²) >= 11 is 0. The van der Waals surface area contributed by atoms with Crippen molar-refractivity contribution in [1.82, 2.24) is 5.48 Å². The first-order valence-electron chi connectivity index (χ1n) is 4.28. The molecular formula is C7H12NO5P. The number of rotatable bonds is 2. The first kappa shape index (κ1) is 11.4. The maximum atomic E-state index is 11.2. The fourth-order valence-corrected chi connectivity index (χ4v) is 1.44. The molecule has 1 aliphatic rings. The molecule has 7 heteroatoms. The van der Waals surface area contributed by atoms with Gasteiger partial charge in [-0.25, -0.2) is 14.4 Å². The lowest BCUT2D eigenvalue weighted by Crippen LogP contribution is -2.38. The first-order chi connectivity index (χ1) is 6.74. The van der Waals surface area contributed by atoms with E-state index in [1.54, 1.807) is 6.92 Å². The van der Waals surface area contributed by atoms with Crippen LogP contribution in [0.25, 0.3) is 0 Å². The monoisotopic (exact) mass is 221 g/mol. The first-order valence-corrected chi connectivity index (χ1v) is 5.40. The number of nitrogens with one attached hydrogen (secondary N) is 1. The van der Waals surface area contributed by atoms with Gasteiger partial charge in [0.25, 0.3) is 5.91 Å². The quantitative estimate of drug-likeness (QED) is 0.412. The van der Waals surface area contributed by atoms with Crippen LogP contribution in [0.4, 0.5) is 0 Å². The van der Waals surface area contributed by atoms with Gasteiger partial charge in [-0.05, 0) is 12.6 Å². The van der Waals surface area contributed by atoms with Crippen molar-refractivity contribution in [2.24, 2.45) is 0 Å². The molecule has 0 bridgehead atoms. The molecule has 6 nitrogen and oxygen atoms in total. The van der Waals surface area contributed by atoms with Crippen LogP contribution in [0.1, 0.15) is 19.8 Å². The van der Waals surface area contributed by atoms with Crippen molar-refractivity contribution in [3.05, 3.63) is 0 Å². The lowest BCUT2D eigenvalue weighted by Gasteiger charge is -2.19. The molecule has 0 aromatic carbocycles. The van der Waals surface area contributed by atoms with Gasteiger partial charge in [0.1, 0.15) is 0 Å². The van der Waals surface area contributed by atoms with Crippen LogP contribution in [0.5, 0.6) is 0 Å². The number of hydrogen-bond donors (Lipinski definition) is 1. The molecule has 1 fully saturated rings. The van der Waals surface area contributed by atoms with Crippen molar-refractivity contribution in [3.8, 4) is 0 Å². The van der Waals surface area contributed by atoms with Crippen LogP contribution in [0.3, 0.4) is 0 Å². The molecule has 0 radical (unpaired) electrons. The number of hydrogen-bond acceptors (Lipinski definition) is 5. The van der Waals surface area contributed by atoms with Crippen LogP contribution in [0.15, 0.2) is 0 Å². The zero-order valence-corrected chi connectivity index (χ0v) is 8.74. The molecule has 0 aromatic rings. The molecular weight excluding hydrogens is 209 g/mol. The van der Waals surface area contributed by atoms with Gasteiger partial charge in [-0.2, -0.15) is 5.48 Å². The molecule has 80 valence electrons. The summed E-state index contributed by atoms with van der Waals surface area (Å²) in [5.74, 6) is -0.978. The molecule has 1 aliphatic heterocycles. The van der Waals surface area contributed by atoms with Gasteiger partial charge in [0.15, 0.2) is 6.10 Å². The second-order valence-corrected chi connectivity index (χ2v) is 3.60. The summed E-state index contributed by atoms with van der Waals surface area (Å²) in [6.07, 6.45) is 0.887. The van der Waals surface area contributed by atoms with E-state index in [2.05, 4.69) is 9.51 Å². The average Bonchev–Trinajstić information content (AvgIpc) is 2.26. The van der Waals surface area contributed by atoms with Gasteiger partial charge in [-0.1, -0.05) is 6.92 Å². The van der Waals surface area contributed by atoms with E-state index in [0.717, 1.165) is 6.16 Å². The van der Waals surface area contributed by atoms with Gasteiger partial charge >= 0.3 is 5.97 Å². The van der Waals surface area contributed by atoms with Crippen LogP contribution in [0, 0.1) is 0 Å². The van der Waals surface area contributed by atoms with Crippen molar-refractivity contribution >= 4 is 20.7 Å². The molecule has 0 aromatic heterocycles. The molecule has 14 heavy (non-hydrogen) atoms. The Kier molecular flexibility index (Phi) is 4.79. The van der Waals surface area contributed by atoms with Crippen molar-refractivity contribution in [3.63, 3.8) is 0 Å². The van der Waals surface area contributed by atoms with E-state index >= 15 is 0 Å². The molecule has 1 rings (SSSR count). The maximum Gasteiger partial charge on any atom is 0.331 e. The third-order valence-corrected chi connectivity index (χ3v) is 2.29. The van der Waals surface area contributed by atoms with Gasteiger partial charge in [0.05, 0.1) is 8.81 Å². The van der Waals surface area contributed by atoms with E-state index in [1.807, 2.05) is 5.48 Å². The second kappa shape index (κ2) is 5.90. The van der Waals surface area contributed by atoms with Gasteiger partial charge in [0.2, 0.25) is 0 Å². The molecule has 1 heterocycles. The standard InChI is InChI=1S/C7H12NO5P/c1-2-6(9)11-8-7(10)5-3-4-14-13-12-5/h5,14H,2-4H2,1H3,(H,8,10). The van der Waals surface area contributed by atoms with E-state index in [-0.39, 0.29) is 15.2 Å². The molecule has 0 spiro atoms. The molecule has 2 atom stereocenters. The van der Waals surface area contributed by atoms with Crippen LogP contribution >= 0.6 is 8.81 Å². The highest BCUT2D eigenvalue weighted by Crippen LogP contribution is 2.23. The van der Waals surface area contributed by atoms with Crippen LogP contribution in [-0.2, 0) is 24.0 Å². The minimum absolute atomic E-state index is 0.212. The van der Waals surface area contributed by atoms with E-state index in [4.69, 9.17) is 4.89 Å². The van der Waals surface area contributed by atoms with Crippen molar-refractivity contribution in [2.75, 3.05) is 6.16 Å². The number of carbonyl (C=O) groups is 2. The van der Waals surface area contributed by atoms with Crippen molar-refractivity contribution in [1.29, 1.82) is 0 Å². The van der Waals surface area contributed by atoms with Gasteiger partial charge in [-0.3, -0.25) is 4.79 Å². The van der Waals surface area contributed by atoms with Crippen LogP contribution < -0.4 is 5.48 Å². The molecule has 1 N–H and O–H groups in total. The zero-order chi connectivity index (χ0) is 10.4. The lowest BCUT2D eigenvalue weighted by atomic mass is 10.3. The Hall–Kier alpha value is -0.710. The average molecular weight is 221 g/mol. The predicted molar refractivity (Wildman–Crippen MR) is 48.3 cm³/mol. The summed E-state index contributed by atoms with van der Waals surface area (Å²) in [5, 5.41) is 0. The second-order valence-electron chi connectivity index (χ2n) is 2.65.